The minimum Gasteiger partial charge on any atom is -0.460 e. The van der Waals surface area contributed by atoms with E-state index in [1.807, 2.05) is 6.07 Å². The fourth-order valence-corrected chi connectivity index (χ4v) is 1.81. The van der Waals surface area contributed by atoms with Crippen molar-refractivity contribution < 1.29 is 9.53 Å². The zero-order valence-corrected chi connectivity index (χ0v) is 10.5. The van der Waals surface area contributed by atoms with Crippen molar-refractivity contribution in [1.82, 2.24) is 14.6 Å². The van der Waals surface area contributed by atoms with E-state index in [4.69, 9.17) is 21.6 Å². The number of ether oxygens (including phenoxy) is 1. The van der Waals surface area contributed by atoms with Gasteiger partial charge in [-0.05, 0) is 25.5 Å². The molecule has 0 bridgehead atoms. The van der Waals surface area contributed by atoms with E-state index in [2.05, 4.69) is 10.1 Å². The number of aryl methyl sites for hydroxylation is 1. The highest BCUT2D eigenvalue weighted by Gasteiger charge is 2.18. The first-order valence-electron chi connectivity index (χ1n) is 5.21. The summed E-state index contributed by atoms with van der Waals surface area (Å²) < 4.78 is 6.05. The van der Waals surface area contributed by atoms with E-state index in [0.717, 1.165) is 0 Å². The van der Waals surface area contributed by atoms with Crippen LogP contribution >= 0.6 is 11.6 Å². The van der Waals surface area contributed by atoms with Crippen LogP contribution in [0.2, 0.25) is 5.15 Å². The summed E-state index contributed by atoms with van der Waals surface area (Å²) in [6, 6.07) is 3.61. The predicted molar refractivity (Wildman–Crippen MR) is 63.4 cm³/mol. The van der Waals surface area contributed by atoms with Crippen LogP contribution in [0, 0.1) is 18.3 Å². The van der Waals surface area contributed by atoms with Crippen LogP contribution in [0.25, 0.3) is 5.65 Å². The van der Waals surface area contributed by atoms with Gasteiger partial charge in [0.25, 0.3) is 5.82 Å². The lowest BCUT2D eigenvalue weighted by molar-refractivity contribution is 0.0512. The standard InChI is InChI=1S/C11H9ClN4O2/c1-3-18-11(17)9-14-10-7(5-13)6(2)4-8(12)16(10)15-9/h4H,3H2,1-2H3. The molecule has 0 aromatic carbocycles. The van der Waals surface area contributed by atoms with Crippen molar-refractivity contribution in [3.8, 4) is 6.07 Å². The molecule has 0 aliphatic heterocycles. The quantitative estimate of drug-likeness (QED) is 0.610. The van der Waals surface area contributed by atoms with E-state index < -0.39 is 5.97 Å². The number of pyridine rings is 1. The first kappa shape index (κ1) is 12.3. The fraction of sp³-hybridized carbons (Fsp3) is 0.273. The van der Waals surface area contributed by atoms with Gasteiger partial charge >= 0.3 is 5.97 Å². The third kappa shape index (κ3) is 1.89. The average molecular weight is 265 g/mol. The van der Waals surface area contributed by atoms with E-state index in [1.54, 1.807) is 19.9 Å². The van der Waals surface area contributed by atoms with Gasteiger partial charge in [0.05, 0.1) is 12.2 Å². The largest absolute Gasteiger partial charge is 0.460 e. The lowest BCUT2D eigenvalue weighted by Gasteiger charge is -2.00. The minimum atomic E-state index is -0.640. The molecule has 0 aliphatic rings. The maximum atomic E-state index is 11.5. The normalized spacial score (nSPS) is 10.3. The summed E-state index contributed by atoms with van der Waals surface area (Å²) >= 11 is 5.99. The van der Waals surface area contributed by atoms with Crippen molar-refractivity contribution in [2.75, 3.05) is 6.61 Å². The summed E-state index contributed by atoms with van der Waals surface area (Å²) in [6.07, 6.45) is 0. The molecule has 2 aromatic heterocycles. The van der Waals surface area contributed by atoms with Crippen molar-refractivity contribution in [2.24, 2.45) is 0 Å². The predicted octanol–water partition coefficient (Wildman–Crippen LogP) is 1.74. The summed E-state index contributed by atoms with van der Waals surface area (Å²) in [6.45, 7) is 3.65. The molecule has 2 aromatic rings. The minimum absolute atomic E-state index is 0.110. The molecule has 18 heavy (non-hydrogen) atoms. The number of fused-ring (bicyclic) bond motifs is 1. The van der Waals surface area contributed by atoms with Crippen LogP contribution in [0.5, 0.6) is 0 Å². The van der Waals surface area contributed by atoms with E-state index >= 15 is 0 Å². The molecule has 0 saturated carbocycles. The summed E-state index contributed by atoms with van der Waals surface area (Å²) in [4.78, 5) is 15.5. The molecule has 0 fully saturated rings. The molecule has 7 heteroatoms. The third-order valence-corrected chi connectivity index (χ3v) is 2.60. The first-order valence-corrected chi connectivity index (χ1v) is 5.59. The Bertz CT molecular complexity index is 672. The molecule has 0 saturated heterocycles. The van der Waals surface area contributed by atoms with E-state index in [-0.39, 0.29) is 23.2 Å². The van der Waals surface area contributed by atoms with E-state index in [1.165, 1.54) is 4.52 Å². The molecule has 0 amide bonds. The zero-order chi connectivity index (χ0) is 13.3. The van der Waals surface area contributed by atoms with Crippen molar-refractivity contribution >= 4 is 23.2 Å². The number of hydrogen-bond donors (Lipinski definition) is 0. The van der Waals surface area contributed by atoms with Crippen LogP contribution in [0.15, 0.2) is 6.07 Å². The first-order chi connectivity index (χ1) is 8.58. The number of hydrogen-bond acceptors (Lipinski definition) is 5. The number of esters is 1. The Morgan fingerprint density at radius 2 is 2.39 bits per heavy atom. The second-order valence-electron chi connectivity index (χ2n) is 3.53. The van der Waals surface area contributed by atoms with Crippen LogP contribution in [0.1, 0.15) is 28.7 Å². The van der Waals surface area contributed by atoms with Crippen LogP contribution in [-0.2, 0) is 4.74 Å². The smallest absolute Gasteiger partial charge is 0.378 e. The van der Waals surface area contributed by atoms with Crippen molar-refractivity contribution in [3.63, 3.8) is 0 Å². The van der Waals surface area contributed by atoms with Crippen molar-refractivity contribution in [3.05, 3.63) is 28.2 Å². The summed E-state index contributed by atoms with van der Waals surface area (Å²) in [5.41, 5.74) is 1.27. The molecule has 0 spiro atoms. The Kier molecular flexibility index (Phi) is 3.17. The molecule has 2 rings (SSSR count). The molecule has 2 heterocycles. The van der Waals surface area contributed by atoms with Gasteiger partial charge in [-0.2, -0.15) is 10.2 Å². The van der Waals surface area contributed by atoms with Crippen LogP contribution in [-0.4, -0.2) is 27.2 Å². The SMILES string of the molecule is CCOC(=O)c1nc2c(C#N)c(C)cc(Cl)n2n1. The fourth-order valence-electron chi connectivity index (χ4n) is 1.53. The molecule has 0 aliphatic carbocycles. The number of carbonyl (C=O) groups excluding carboxylic acids is 1. The van der Waals surface area contributed by atoms with Gasteiger partial charge in [-0.15, -0.1) is 5.10 Å². The van der Waals surface area contributed by atoms with Crippen molar-refractivity contribution in [2.45, 2.75) is 13.8 Å². The third-order valence-electron chi connectivity index (χ3n) is 2.33. The number of aromatic nitrogens is 3. The van der Waals surface area contributed by atoms with Gasteiger partial charge < -0.3 is 4.74 Å². The highest BCUT2D eigenvalue weighted by Crippen LogP contribution is 2.19. The number of nitrogens with zero attached hydrogens (tertiary/aromatic N) is 4. The highest BCUT2D eigenvalue weighted by molar-refractivity contribution is 6.29. The molecule has 0 atom stereocenters. The molecule has 0 unspecified atom stereocenters. The van der Waals surface area contributed by atoms with Gasteiger partial charge in [-0.25, -0.2) is 9.31 Å². The summed E-state index contributed by atoms with van der Waals surface area (Å²) in [7, 11) is 0. The van der Waals surface area contributed by atoms with E-state index in [9.17, 15) is 4.79 Å². The molecule has 6 nitrogen and oxygen atoms in total. The monoisotopic (exact) mass is 264 g/mol. The highest BCUT2D eigenvalue weighted by atomic mass is 35.5. The van der Waals surface area contributed by atoms with Gasteiger partial charge in [0.1, 0.15) is 11.2 Å². The number of carbonyl (C=O) groups is 1. The Labute approximate surface area is 108 Å². The van der Waals surface area contributed by atoms with Crippen LogP contribution in [0.4, 0.5) is 0 Å². The number of halogens is 1. The topological polar surface area (TPSA) is 80.3 Å². The maximum absolute atomic E-state index is 11.5. The van der Waals surface area contributed by atoms with Gasteiger partial charge in [-0.3, -0.25) is 0 Å². The van der Waals surface area contributed by atoms with Crippen molar-refractivity contribution in [1.29, 1.82) is 5.26 Å². The second kappa shape index (κ2) is 4.63. The Morgan fingerprint density at radius 3 is 3.00 bits per heavy atom. The zero-order valence-electron chi connectivity index (χ0n) is 9.77. The molecule has 92 valence electrons. The summed E-state index contributed by atoms with van der Waals surface area (Å²) in [5.74, 6) is -0.750. The van der Waals surface area contributed by atoms with Gasteiger partial charge in [-0.1, -0.05) is 11.6 Å². The molecular weight excluding hydrogens is 256 g/mol. The maximum Gasteiger partial charge on any atom is 0.378 e. The molecule has 0 radical (unpaired) electrons. The van der Waals surface area contributed by atoms with Crippen LogP contribution < -0.4 is 0 Å². The molecule has 0 N–H and O–H groups in total. The number of rotatable bonds is 2. The van der Waals surface area contributed by atoms with Gasteiger partial charge in [0.15, 0.2) is 5.65 Å². The van der Waals surface area contributed by atoms with Gasteiger partial charge in [0.2, 0.25) is 0 Å². The second-order valence-corrected chi connectivity index (χ2v) is 3.92. The van der Waals surface area contributed by atoms with Crippen LogP contribution in [0.3, 0.4) is 0 Å². The number of nitriles is 1. The lowest BCUT2D eigenvalue weighted by Crippen LogP contribution is -2.06. The lowest BCUT2D eigenvalue weighted by atomic mass is 10.2. The Balaban J connectivity index is 2.68. The summed E-state index contributed by atoms with van der Waals surface area (Å²) in [5, 5.41) is 13.3. The Hall–Kier alpha value is -2.13. The Morgan fingerprint density at radius 1 is 1.67 bits per heavy atom. The average Bonchev–Trinajstić information content (AvgIpc) is 2.75. The molecular formula is C11H9ClN4O2. The van der Waals surface area contributed by atoms with E-state index in [0.29, 0.717) is 11.1 Å². The van der Waals surface area contributed by atoms with Gasteiger partial charge in [0, 0.05) is 0 Å².